The Morgan fingerprint density at radius 2 is 1.65 bits per heavy atom. The second-order valence-electron chi connectivity index (χ2n) is 6.32. The minimum absolute atomic E-state index is 0.233. The molecule has 1 fully saturated rings. The molecule has 1 amide bonds. The Morgan fingerprint density at radius 3 is 2.30 bits per heavy atom. The fourth-order valence-electron chi connectivity index (χ4n) is 3.24. The Kier molecular flexibility index (Phi) is 4.65. The van der Waals surface area contributed by atoms with Crippen LogP contribution in [0.25, 0.3) is 0 Å². The van der Waals surface area contributed by atoms with E-state index in [0.717, 1.165) is 31.7 Å². The number of nitrogens with zero attached hydrogens (tertiary/aromatic N) is 2. The second kappa shape index (κ2) is 6.86. The third-order valence-electron chi connectivity index (χ3n) is 4.52. The minimum atomic E-state index is 0.233. The first-order valence-corrected chi connectivity index (χ1v) is 8.27. The summed E-state index contributed by atoms with van der Waals surface area (Å²) in [6, 6.07) is 16.6. The highest BCUT2D eigenvalue weighted by Crippen LogP contribution is 2.22. The van der Waals surface area contributed by atoms with Crippen LogP contribution in [0.5, 0.6) is 0 Å². The Bertz CT molecular complexity index is 673. The summed E-state index contributed by atoms with van der Waals surface area (Å²) >= 11 is 0. The summed E-state index contributed by atoms with van der Waals surface area (Å²) in [5.41, 5.74) is 5.00. The molecule has 0 bridgehead atoms. The number of benzene rings is 2. The molecule has 0 aromatic heterocycles. The number of piperazine rings is 1. The van der Waals surface area contributed by atoms with Gasteiger partial charge in [0.05, 0.1) is 6.42 Å². The van der Waals surface area contributed by atoms with E-state index in [9.17, 15) is 4.79 Å². The average molecular weight is 308 g/mol. The van der Waals surface area contributed by atoms with E-state index in [4.69, 9.17) is 0 Å². The Labute approximate surface area is 138 Å². The first kappa shape index (κ1) is 15.6. The molecule has 1 heterocycles. The van der Waals surface area contributed by atoms with Crippen molar-refractivity contribution in [1.82, 2.24) is 4.90 Å². The highest BCUT2D eigenvalue weighted by atomic mass is 16.2. The smallest absolute Gasteiger partial charge is 0.227 e. The van der Waals surface area contributed by atoms with Crippen molar-refractivity contribution in [2.24, 2.45) is 0 Å². The maximum Gasteiger partial charge on any atom is 0.227 e. The number of hydrogen-bond donors (Lipinski definition) is 0. The van der Waals surface area contributed by atoms with Gasteiger partial charge < -0.3 is 9.80 Å². The van der Waals surface area contributed by atoms with Gasteiger partial charge in [-0.25, -0.2) is 0 Å². The lowest BCUT2D eigenvalue weighted by molar-refractivity contribution is -0.130. The van der Waals surface area contributed by atoms with Gasteiger partial charge in [0.1, 0.15) is 0 Å². The lowest BCUT2D eigenvalue weighted by Gasteiger charge is -2.37. The number of rotatable bonds is 3. The first-order chi connectivity index (χ1) is 11.1. The lowest BCUT2D eigenvalue weighted by atomic mass is 10.1. The van der Waals surface area contributed by atoms with Gasteiger partial charge >= 0.3 is 0 Å². The number of aryl methyl sites for hydroxylation is 2. The molecule has 120 valence electrons. The summed E-state index contributed by atoms with van der Waals surface area (Å²) in [5.74, 6) is 0.233. The molecule has 0 aliphatic carbocycles. The number of hydrogen-bond acceptors (Lipinski definition) is 2. The van der Waals surface area contributed by atoms with Crippen molar-refractivity contribution in [3.05, 3.63) is 65.2 Å². The van der Waals surface area contributed by atoms with Crippen molar-refractivity contribution in [3.8, 4) is 0 Å². The zero-order valence-corrected chi connectivity index (χ0v) is 14.0. The van der Waals surface area contributed by atoms with Crippen molar-refractivity contribution in [1.29, 1.82) is 0 Å². The number of anilines is 1. The molecule has 0 spiro atoms. The van der Waals surface area contributed by atoms with Gasteiger partial charge in [-0.05, 0) is 31.0 Å². The molecule has 2 aromatic rings. The summed E-state index contributed by atoms with van der Waals surface area (Å²) < 4.78 is 0. The normalized spacial score (nSPS) is 14.9. The van der Waals surface area contributed by atoms with E-state index in [1.165, 1.54) is 16.8 Å². The molecule has 0 saturated carbocycles. The summed E-state index contributed by atoms with van der Waals surface area (Å²) in [6.45, 7) is 7.71. The van der Waals surface area contributed by atoms with Crippen LogP contribution in [0.15, 0.2) is 48.5 Å². The van der Waals surface area contributed by atoms with E-state index in [1.54, 1.807) is 0 Å². The van der Waals surface area contributed by atoms with Crippen LogP contribution in [-0.4, -0.2) is 37.0 Å². The zero-order chi connectivity index (χ0) is 16.2. The quantitative estimate of drug-likeness (QED) is 0.869. The van der Waals surface area contributed by atoms with Crippen LogP contribution in [0.1, 0.15) is 16.7 Å². The van der Waals surface area contributed by atoms with Crippen LogP contribution in [0, 0.1) is 13.8 Å². The Morgan fingerprint density at radius 1 is 0.957 bits per heavy atom. The molecule has 0 radical (unpaired) electrons. The van der Waals surface area contributed by atoms with Gasteiger partial charge in [0.15, 0.2) is 0 Å². The summed E-state index contributed by atoms with van der Waals surface area (Å²) in [7, 11) is 0. The zero-order valence-electron chi connectivity index (χ0n) is 14.0. The van der Waals surface area contributed by atoms with Gasteiger partial charge in [0, 0.05) is 31.9 Å². The molecule has 1 saturated heterocycles. The van der Waals surface area contributed by atoms with E-state index >= 15 is 0 Å². The van der Waals surface area contributed by atoms with Crippen LogP contribution in [0.3, 0.4) is 0 Å². The topological polar surface area (TPSA) is 23.6 Å². The van der Waals surface area contributed by atoms with E-state index in [1.807, 2.05) is 35.2 Å². The second-order valence-corrected chi connectivity index (χ2v) is 6.32. The van der Waals surface area contributed by atoms with Crippen LogP contribution >= 0.6 is 0 Å². The summed E-state index contributed by atoms with van der Waals surface area (Å²) in [4.78, 5) is 16.8. The van der Waals surface area contributed by atoms with E-state index < -0.39 is 0 Å². The van der Waals surface area contributed by atoms with E-state index in [-0.39, 0.29) is 5.91 Å². The van der Waals surface area contributed by atoms with Gasteiger partial charge in [-0.15, -0.1) is 0 Å². The number of carbonyl (C=O) groups excluding carboxylic acids is 1. The Balaban J connectivity index is 1.59. The molecule has 0 N–H and O–H groups in total. The average Bonchev–Trinajstić information content (AvgIpc) is 2.56. The molecule has 1 aliphatic heterocycles. The van der Waals surface area contributed by atoms with E-state index in [2.05, 4.69) is 36.9 Å². The number of amides is 1. The molecular formula is C20H24N2O. The van der Waals surface area contributed by atoms with Gasteiger partial charge in [-0.3, -0.25) is 4.79 Å². The van der Waals surface area contributed by atoms with Crippen LogP contribution < -0.4 is 4.90 Å². The molecular weight excluding hydrogens is 284 g/mol. The molecule has 3 rings (SSSR count). The summed E-state index contributed by atoms with van der Waals surface area (Å²) in [5, 5.41) is 0. The van der Waals surface area contributed by atoms with Crippen LogP contribution in [-0.2, 0) is 11.2 Å². The molecule has 2 aromatic carbocycles. The van der Waals surface area contributed by atoms with Gasteiger partial charge in [0.2, 0.25) is 5.91 Å². The SMILES string of the molecule is Cc1ccc(N2CCN(C(=O)Cc3ccccc3)CC2)c(C)c1. The third kappa shape index (κ3) is 3.73. The maximum absolute atomic E-state index is 12.4. The van der Waals surface area contributed by atoms with Crippen molar-refractivity contribution < 1.29 is 4.79 Å². The molecule has 1 aliphatic rings. The fraction of sp³-hybridized carbons (Fsp3) is 0.350. The first-order valence-electron chi connectivity index (χ1n) is 8.27. The molecule has 3 nitrogen and oxygen atoms in total. The highest BCUT2D eigenvalue weighted by Gasteiger charge is 2.22. The van der Waals surface area contributed by atoms with Crippen molar-refractivity contribution in [3.63, 3.8) is 0 Å². The third-order valence-corrected chi connectivity index (χ3v) is 4.52. The van der Waals surface area contributed by atoms with E-state index in [0.29, 0.717) is 6.42 Å². The standard InChI is InChI=1S/C20H24N2O/c1-16-8-9-19(17(2)14-16)21-10-12-22(13-11-21)20(23)15-18-6-4-3-5-7-18/h3-9,14H,10-13,15H2,1-2H3. The van der Waals surface area contributed by atoms with Crippen molar-refractivity contribution in [2.45, 2.75) is 20.3 Å². The monoisotopic (exact) mass is 308 g/mol. The van der Waals surface area contributed by atoms with Gasteiger partial charge in [0.25, 0.3) is 0 Å². The maximum atomic E-state index is 12.4. The molecule has 0 atom stereocenters. The fourth-order valence-corrected chi connectivity index (χ4v) is 3.24. The molecule has 0 unspecified atom stereocenters. The minimum Gasteiger partial charge on any atom is -0.368 e. The Hall–Kier alpha value is -2.29. The van der Waals surface area contributed by atoms with Crippen LogP contribution in [0.4, 0.5) is 5.69 Å². The van der Waals surface area contributed by atoms with Crippen molar-refractivity contribution >= 4 is 11.6 Å². The van der Waals surface area contributed by atoms with Gasteiger partial charge in [-0.2, -0.15) is 0 Å². The highest BCUT2D eigenvalue weighted by molar-refractivity contribution is 5.79. The van der Waals surface area contributed by atoms with Crippen LogP contribution in [0.2, 0.25) is 0 Å². The lowest BCUT2D eigenvalue weighted by Crippen LogP contribution is -2.49. The predicted octanol–water partition coefficient (Wildman–Crippen LogP) is 3.19. The summed E-state index contributed by atoms with van der Waals surface area (Å²) in [6.07, 6.45) is 0.504. The van der Waals surface area contributed by atoms with Crippen molar-refractivity contribution in [2.75, 3.05) is 31.1 Å². The van der Waals surface area contributed by atoms with Gasteiger partial charge in [-0.1, -0.05) is 48.0 Å². The largest absolute Gasteiger partial charge is 0.368 e. The predicted molar refractivity (Wildman–Crippen MR) is 94.9 cm³/mol. The molecule has 3 heteroatoms. The molecule has 23 heavy (non-hydrogen) atoms. The number of carbonyl (C=O) groups is 1.